The quantitative estimate of drug-likeness (QED) is 0.851. The second kappa shape index (κ2) is 6.40. The number of nitrogens with zero attached hydrogens (tertiary/aromatic N) is 3. The molecule has 1 atom stereocenters. The maximum atomic E-state index is 5.32. The lowest BCUT2D eigenvalue weighted by molar-refractivity contribution is 0.335. The largest absolute Gasteiger partial charge is 0.469 e. The lowest BCUT2D eigenvalue weighted by Crippen LogP contribution is -2.38. The standard InChI is InChI=1S/C12H18N4OS2/c1-4-12(3,10-13-6-7-18-10)14-8-9-15-16-11(19-9)17-5-2/h6-7,14H,4-5,8H2,1-3H3/t12-/m1/s1. The molecule has 0 unspecified atom stereocenters. The first-order valence-electron chi connectivity index (χ1n) is 6.28. The molecule has 104 valence electrons. The van der Waals surface area contributed by atoms with Crippen molar-refractivity contribution in [3.8, 4) is 5.19 Å². The highest BCUT2D eigenvalue weighted by Gasteiger charge is 2.26. The highest BCUT2D eigenvalue weighted by atomic mass is 32.1. The molecule has 19 heavy (non-hydrogen) atoms. The molecule has 7 heteroatoms. The Bertz CT molecular complexity index is 500. The number of rotatable bonds is 7. The summed E-state index contributed by atoms with van der Waals surface area (Å²) in [4.78, 5) is 4.40. The predicted octanol–water partition coefficient (Wildman–Crippen LogP) is 2.81. The van der Waals surface area contributed by atoms with E-state index in [1.165, 1.54) is 11.3 Å². The third-order valence-electron chi connectivity index (χ3n) is 2.96. The molecule has 0 saturated heterocycles. The lowest BCUT2D eigenvalue weighted by atomic mass is 10.00. The maximum absolute atomic E-state index is 5.32. The van der Waals surface area contributed by atoms with Crippen LogP contribution in [0, 0.1) is 0 Å². The first kappa shape index (κ1) is 14.4. The van der Waals surface area contributed by atoms with E-state index < -0.39 is 0 Å². The summed E-state index contributed by atoms with van der Waals surface area (Å²) >= 11 is 3.15. The van der Waals surface area contributed by atoms with Crippen molar-refractivity contribution in [3.05, 3.63) is 21.6 Å². The van der Waals surface area contributed by atoms with Gasteiger partial charge >= 0.3 is 0 Å². The van der Waals surface area contributed by atoms with Gasteiger partial charge in [-0.25, -0.2) is 4.98 Å². The number of thiazole rings is 1. The molecule has 0 aliphatic heterocycles. The van der Waals surface area contributed by atoms with E-state index >= 15 is 0 Å². The van der Waals surface area contributed by atoms with E-state index in [9.17, 15) is 0 Å². The van der Waals surface area contributed by atoms with Gasteiger partial charge in [0.05, 0.1) is 18.7 Å². The van der Waals surface area contributed by atoms with Crippen LogP contribution in [0.2, 0.25) is 0 Å². The average Bonchev–Trinajstić information content (AvgIpc) is 3.08. The van der Waals surface area contributed by atoms with Crippen LogP contribution in [0.1, 0.15) is 37.2 Å². The van der Waals surface area contributed by atoms with Crippen LogP contribution < -0.4 is 10.1 Å². The fourth-order valence-corrected chi connectivity index (χ4v) is 3.14. The normalized spacial score (nSPS) is 14.3. The monoisotopic (exact) mass is 298 g/mol. The summed E-state index contributed by atoms with van der Waals surface area (Å²) in [6.07, 6.45) is 2.81. The summed E-state index contributed by atoms with van der Waals surface area (Å²) in [5.41, 5.74) is -0.119. The van der Waals surface area contributed by atoms with Gasteiger partial charge in [0.15, 0.2) is 0 Å². The minimum absolute atomic E-state index is 0.119. The molecule has 2 aromatic rings. The Morgan fingerprint density at radius 1 is 1.37 bits per heavy atom. The van der Waals surface area contributed by atoms with Gasteiger partial charge in [-0.05, 0) is 20.3 Å². The molecule has 0 aromatic carbocycles. The summed E-state index contributed by atoms with van der Waals surface area (Å²) in [7, 11) is 0. The second-order valence-corrected chi connectivity index (χ2v) is 6.19. The fraction of sp³-hybridized carbons (Fsp3) is 0.583. The zero-order valence-corrected chi connectivity index (χ0v) is 13.0. The minimum Gasteiger partial charge on any atom is -0.469 e. The molecular weight excluding hydrogens is 280 g/mol. The number of aromatic nitrogens is 3. The first-order chi connectivity index (χ1) is 9.18. The molecule has 0 bridgehead atoms. The summed E-state index contributed by atoms with van der Waals surface area (Å²) < 4.78 is 5.32. The Hall–Kier alpha value is -1.05. The van der Waals surface area contributed by atoms with Crippen molar-refractivity contribution in [1.29, 1.82) is 0 Å². The van der Waals surface area contributed by atoms with Gasteiger partial charge in [-0.15, -0.1) is 21.5 Å². The summed E-state index contributed by atoms with van der Waals surface area (Å²) in [5.74, 6) is 0. The van der Waals surface area contributed by atoms with Crippen molar-refractivity contribution in [2.24, 2.45) is 0 Å². The van der Waals surface area contributed by atoms with Crippen molar-refractivity contribution in [2.75, 3.05) is 6.61 Å². The van der Waals surface area contributed by atoms with Crippen LogP contribution in [0.4, 0.5) is 0 Å². The fourth-order valence-electron chi connectivity index (χ4n) is 1.61. The molecule has 2 rings (SSSR count). The molecule has 2 heterocycles. The first-order valence-corrected chi connectivity index (χ1v) is 7.97. The summed E-state index contributed by atoms with van der Waals surface area (Å²) in [6, 6.07) is 0. The van der Waals surface area contributed by atoms with Crippen LogP contribution in [0.3, 0.4) is 0 Å². The lowest BCUT2D eigenvalue weighted by Gasteiger charge is -2.26. The van der Waals surface area contributed by atoms with Gasteiger partial charge in [0.2, 0.25) is 0 Å². The van der Waals surface area contributed by atoms with Crippen molar-refractivity contribution in [3.63, 3.8) is 0 Å². The third kappa shape index (κ3) is 3.49. The topological polar surface area (TPSA) is 59.9 Å². The molecule has 0 aliphatic carbocycles. The SMILES string of the molecule is CCOc1nnc(CN[C@](C)(CC)c2nccs2)s1. The van der Waals surface area contributed by atoms with Gasteiger partial charge in [-0.3, -0.25) is 5.32 Å². The molecule has 1 N–H and O–H groups in total. The van der Waals surface area contributed by atoms with E-state index in [0.29, 0.717) is 18.3 Å². The van der Waals surface area contributed by atoms with Crippen LogP contribution in [-0.4, -0.2) is 21.8 Å². The van der Waals surface area contributed by atoms with Gasteiger partial charge in [-0.2, -0.15) is 0 Å². The molecule has 2 aromatic heterocycles. The molecule has 0 fully saturated rings. The van der Waals surface area contributed by atoms with E-state index in [1.54, 1.807) is 11.3 Å². The van der Waals surface area contributed by atoms with Crippen LogP contribution in [-0.2, 0) is 12.1 Å². The molecule has 0 saturated carbocycles. The molecule has 0 radical (unpaired) electrons. The molecule has 0 amide bonds. The van der Waals surface area contributed by atoms with E-state index in [1.807, 2.05) is 18.5 Å². The van der Waals surface area contributed by atoms with Crippen molar-refractivity contribution >= 4 is 22.7 Å². The molecule has 0 aliphatic rings. The van der Waals surface area contributed by atoms with Gasteiger partial charge in [0, 0.05) is 11.6 Å². The number of ether oxygens (including phenoxy) is 1. The Kier molecular flexibility index (Phi) is 4.84. The zero-order valence-electron chi connectivity index (χ0n) is 11.3. The average molecular weight is 298 g/mol. The number of hydrogen-bond donors (Lipinski definition) is 1. The summed E-state index contributed by atoms with van der Waals surface area (Å²) in [5, 5.41) is 16.3. The molecular formula is C12H18N4OS2. The number of hydrogen-bond acceptors (Lipinski definition) is 7. The highest BCUT2D eigenvalue weighted by Crippen LogP contribution is 2.27. The van der Waals surface area contributed by atoms with Gasteiger partial charge < -0.3 is 4.74 Å². The third-order valence-corrected chi connectivity index (χ3v) is 4.83. The maximum Gasteiger partial charge on any atom is 0.294 e. The van der Waals surface area contributed by atoms with Crippen molar-refractivity contribution < 1.29 is 4.74 Å². The van der Waals surface area contributed by atoms with Gasteiger partial charge in [0.1, 0.15) is 10.0 Å². The second-order valence-electron chi connectivity index (χ2n) is 4.27. The Morgan fingerprint density at radius 3 is 2.84 bits per heavy atom. The summed E-state index contributed by atoms with van der Waals surface area (Å²) in [6.45, 7) is 7.55. The van der Waals surface area contributed by atoms with Crippen molar-refractivity contribution in [2.45, 2.75) is 39.3 Å². The van der Waals surface area contributed by atoms with Gasteiger partial charge in [-0.1, -0.05) is 18.3 Å². The minimum atomic E-state index is -0.119. The van der Waals surface area contributed by atoms with E-state index in [0.717, 1.165) is 16.4 Å². The number of nitrogens with one attached hydrogen (secondary N) is 1. The molecule has 0 spiro atoms. The van der Waals surface area contributed by atoms with E-state index in [4.69, 9.17) is 4.74 Å². The smallest absolute Gasteiger partial charge is 0.294 e. The van der Waals surface area contributed by atoms with Crippen molar-refractivity contribution in [1.82, 2.24) is 20.5 Å². The Morgan fingerprint density at radius 2 is 2.21 bits per heavy atom. The zero-order chi connectivity index (χ0) is 13.7. The Balaban J connectivity index is 1.99. The van der Waals surface area contributed by atoms with Crippen LogP contribution in [0.5, 0.6) is 5.19 Å². The van der Waals surface area contributed by atoms with E-state index in [-0.39, 0.29) is 5.54 Å². The predicted molar refractivity (Wildman–Crippen MR) is 77.7 cm³/mol. The van der Waals surface area contributed by atoms with E-state index in [2.05, 4.69) is 34.3 Å². The van der Waals surface area contributed by atoms with Crippen LogP contribution >= 0.6 is 22.7 Å². The van der Waals surface area contributed by atoms with Crippen LogP contribution in [0.15, 0.2) is 11.6 Å². The Labute approximate surface area is 121 Å². The van der Waals surface area contributed by atoms with Crippen LogP contribution in [0.25, 0.3) is 0 Å². The molecule has 5 nitrogen and oxygen atoms in total. The highest BCUT2D eigenvalue weighted by molar-refractivity contribution is 7.13. The van der Waals surface area contributed by atoms with Gasteiger partial charge in [0.25, 0.3) is 5.19 Å².